The van der Waals surface area contributed by atoms with Gasteiger partial charge in [-0.15, -0.1) is 0 Å². The third-order valence-electron chi connectivity index (χ3n) is 4.70. The monoisotopic (exact) mass is 403 g/mol. The van der Waals surface area contributed by atoms with Gasteiger partial charge in [0.25, 0.3) is 5.91 Å². The van der Waals surface area contributed by atoms with Crippen LogP contribution in [0.2, 0.25) is 0 Å². The number of hydrogen-bond acceptors (Lipinski definition) is 3. The Morgan fingerprint density at radius 3 is 1.83 bits per heavy atom. The maximum Gasteiger partial charge on any atom is 0.336 e. The largest absolute Gasteiger partial charge is 0.481 e. The summed E-state index contributed by atoms with van der Waals surface area (Å²) in [4.78, 5) is 37.7. The summed E-state index contributed by atoms with van der Waals surface area (Å²) in [6, 6.07) is 22.6. The van der Waals surface area contributed by atoms with Crippen LogP contribution in [0.3, 0.4) is 0 Å². The van der Waals surface area contributed by atoms with Gasteiger partial charge in [-0.05, 0) is 28.8 Å². The molecule has 3 aromatic rings. The number of benzene rings is 3. The molecule has 0 atom stereocenters. The van der Waals surface area contributed by atoms with Gasteiger partial charge < -0.3 is 15.1 Å². The number of aromatic carboxylic acids is 1. The lowest BCUT2D eigenvalue weighted by Gasteiger charge is -2.24. The zero-order valence-corrected chi connectivity index (χ0v) is 16.2. The summed E-state index contributed by atoms with van der Waals surface area (Å²) < 4.78 is 0. The van der Waals surface area contributed by atoms with Gasteiger partial charge in [-0.2, -0.15) is 0 Å². The fourth-order valence-electron chi connectivity index (χ4n) is 3.27. The molecule has 6 nitrogen and oxygen atoms in total. The topological polar surface area (TPSA) is 94.9 Å². The Bertz CT molecular complexity index is 1060. The predicted octanol–water partition coefficient (Wildman–Crippen LogP) is 4.17. The van der Waals surface area contributed by atoms with Gasteiger partial charge in [-0.3, -0.25) is 9.59 Å². The van der Waals surface area contributed by atoms with Crippen LogP contribution in [0, 0.1) is 0 Å². The molecule has 0 radical (unpaired) electrons. The Morgan fingerprint density at radius 1 is 0.700 bits per heavy atom. The summed E-state index contributed by atoms with van der Waals surface area (Å²) in [5, 5.41) is 18.7. The Balaban J connectivity index is 2.01. The van der Waals surface area contributed by atoms with E-state index in [0.717, 1.165) is 5.56 Å². The van der Waals surface area contributed by atoms with E-state index in [0.29, 0.717) is 16.7 Å². The smallest absolute Gasteiger partial charge is 0.336 e. The summed E-state index contributed by atoms with van der Waals surface area (Å²) in [7, 11) is 0. The van der Waals surface area contributed by atoms with Gasteiger partial charge in [0.05, 0.1) is 12.0 Å². The van der Waals surface area contributed by atoms with Crippen molar-refractivity contribution >= 4 is 17.8 Å². The first-order valence-electron chi connectivity index (χ1n) is 9.44. The van der Waals surface area contributed by atoms with Crippen LogP contribution in [-0.2, 0) is 11.3 Å². The van der Waals surface area contributed by atoms with Gasteiger partial charge in [0, 0.05) is 18.7 Å². The quantitative estimate of drug-likeness (QED) is 0.589. The standard InChI is InChI=1S/C24H21NO5/c26-22(27)14-15-25(16-17-8-2-1-3-9-17)23(28)20-12-6-4-10-18(20)19-11-5-7-13-21(19)24(29)30/h1-13H,14-16H2,(H,26,27)(H,29,30). The summed E-state index contributed by atoms with van der Waals surface area (Å²) in [5.74, 6) is -2.43. The molecular formula is C24H21NO5. The normalized spacial score (nSPS) is 10.4. The average molecular weight is 403 g/mol. The van der Waals surface area contributed by atoms with Gasteiger partial charge in [0.15, 0.2) is 0 Å². The van der Waals surface area contributed by atoms with Gasteiger partial charge in [-0.25, -0.2) is 4.79 Å². The first-order chi connectivity index (χ1) is 14.5. The van der Waals surface area contributed by atoms with E-state index in [1.807, 2.05) is 30.3 Å². The highest BCUT2D eigenvalue weighted by atomic mass is 16.4. The van der Waals surface area contributed by atoms with Crippen LogP contribution in [0.4, 0.5) is 0 Å². The molecule has 2 N–H and O–H groups in total. The molecule has 0 bridgehead atoms. The van der Waals surface area contributed by atoms with Crippen molar-refractivity contribution in [2.24, 2.45) is 0 Å². The lowest BCUT2D eigenvalue weighted by Crippen LogP contribution is -2.33. The molecule has 30 heavy (non-hydrogen) atoms. The van der Waals surface area contributed by atoms with Crippen LogP contribution >= 0.6 is 0 Å². The minimum Gasteiger partial charge on any atom is -0.481 e. The van der Waals surface area contributed by atoms with Crippen molar-refractivity contribution in [2.75, 3.05) is 6.54 Å². The Hall–Kier alpha value is -3.93. The molecule has 0 aliphatic rings. The zero-order valence-electron chi connectivity index (χ0n) is 16.2. The third kappa shape index (κ3) is 4.91. The molecule has 0 aliphatic carbocycles. The van der Waals surface area contributed by atoms with Crippen molar-refractivity contribution in [1.82, 2.24) is 4.90 Å². The Morgan fingerprint density at radius 2 is 1.23 bits per heavy atom. The molecule has 0 fully saturated rings. The van der Waals surface area contributed by atoms with Crippen LogP contribution in [0.15, 0.2) is 78.9 Å². The van der Waals surface area contributed by atoms with E-state index < -0.39 is 11.9 Å². The van der Waals surface area contributed by atoms with E-state index >= 15 is 0 Å². The predicted molar refractivity (Wildman–Crippen MR) is 112 cm³/mol. The van der Waals surface area contributed by atoms with E-state index in [-0.39, 0.29) is 31.0 Å². The molecule has 152 valence electrons. The number of carboxylic acid groups (broad SMARTS) is 2. The van der Waals surface area contributed by atoms with Crippen molar-refractivity contribution in [2.45, 2.75) is 13.0 Å². The first kappa shape index (κ1) is 20.8. The van der Waals surface area contributed by atoms with Gasteiger partial charge >= 0.3 is 11.9 Å². The van der Waals surface area contributed by atoms with Crippen LogP contribution in [-0.4, -0.2) is 39.5 Å². The van der Waals surface area contributed by atoms with Crippen molar-refractivity contribution in [1.29, 1.82) is 0 Å². The van der Waals surface area contributed by atoms with Gasteiger partial charge in [0.2, 0.25) is 0 Å². The number of hydrogen-bond donors (Lipinski definition) is 2. The number of nitrogens with zero attached hydrogens (tertiary/aromatic N) is 1. The molecule has 0 saturated heterocycles. The van der Waals surface area contributed by atoms with Crippen LogP contribution in [0.1, 0.15) is 32.7 Å². The second kappa shape index (κ2) is 9.52. The van der Waals surface area contributed by atoms with E-state index in [4.69, 9.17) is 5.11 Å². The van der Waals surface area contributed by atoms with E-state index in [1.54, 1.807) is 42.5 Å². The molecule has 1 amide bonds. The lowest BCUT2D eigenvalue weighted by atomic mass is 9.94. The molecule has 3 aromatic carbocycles. The Labute approximate surface area is 174 Å². The van der Waals surface area contributed by atoms with Crippen LogP contribution in [0.25, 0.3) is 11.1 Å². The van der Waals surface area contributed by atoms with Crippen molar-refractivity contribution in [3.63, 3.8) is 0 Å². The van der Waals surface area contributed by atoms with Crippen LogP contribution < -0.4 is 0 Å². The summed E-state index contributed by atoms with van der Waals surface area (Å²) >= 11 is 0. The molecule has 0 unspecified atom stereocenters. The third-order valence-corrected chi connectivity index (χ3v) is 4.70. The summed E-state index contributed by atoms with van der Waals surface area (Å²) in [5.41, 5.74) is 2.23. The van der Waals surface area contributed by atoms with Gasteiger partial charge in [-0.1, -0.05) is 66.7 Å². The minimum absolute atomic E-state index is 0.0397. The van der Waals surface area contributed by atoms with Crippen molar-refractivity contribution in [3.8, 4) is 11.1 Å². The SMILES string of the molecule is O=C(O)CCN(Cc1ccccc1)C(=O)c1ccccc1-c1ccccc1C(=O)O. The number of rotatable bonds is 8. The lowest BCUT2D eigenvalue weighted by molar-refractivity contribution is -0.137. The molecular weight excluding hydrogens is 382 g/mol. The number of carboxylic acids is 2. The second-order valence-corrected chi connectivity index (χ2v) is 6.75. The first-order valence-corrected chi connectivity index (χ1v) is 9.44. The molecule has 0 aromatic heterocycles. The Kier molecular flexibility index (Phi) is 6.60. The van der Waals surface area contributed by atoms with Crippen LogP contribution in [0.5, 0.6) is 0 Å². The highest BCUT2D eigenvalue weighted by Crippen LogP contribution is 2.28. The maximum absolute atomic E-state index is 13.4. The summed E-state index contributed by atoms with van der Waals surface area (Å²) in [6.45, 7) is 0.292. The maximum atomic E-state index is 13.4. The van der Waals surface area contributed by atoms with Gasteiger partial charge in [0.1, 0.15) is 0 Å². The average Bonchev–Trinajstić information content (AvgIpc) is 2.76. The number of carbonyl (C=O) groups excluding carboxylic acids is 1. The number of carbonyl (C=O) groups is 3. The molecule has 0 heterocycles. The van der Waals surface area contributed by atoms with E-state index in [2.05, 4.69) is 0 Å². The molecule has 3 rings (SSSR count). The molecule has 6 heteroatoms. The second-order valence-electron chi connectivity index (χ2n) is 6.75. The number of aliphatic carboxylic acids is 1. The zero-order chi connectivity index (χ0) is 21.5. The summed E-state index contributed by atoms with van der Waals surface area (Å²) in [6.07, 6.45) is -0.188. The fourth-order valence-corrected chi connectivity index (χ4v) is 3.27. The van der Waals surface area contributed by atoms with E-state index in [1.165, 1.54) is 11.0 Å². The fraction of sp³-hybridized carbons (Fsp3) is 0.125. The van der Waals surface area contributed by atoms with E-state index in [9.17, 15) is 19.5 Å². The highest BCUT2D eigenvalue weighted by Gasteiger charge is 2.22. The van der Waals surface area contributed by atoms with Crippen molar-refractivity contribution < 1.29 is 24.6 Å². The molecule has 0 aliphatic heterocycles. The highest BCUT2D eigenvalue weighted by molar-refractivity contribution is 6.04. The van der Waals surface area contributed by atoms with Crippen molar-refractivity contribution in [3.05, 3.63) is 95.6 Å². The molecule has 0 spiro atoms. The minimum atomic E-state index is -1.08. The molecule has 0 saturated carbocycles. The number of amides is 1.